The van der Waals surface area contributed by atoms with Gasteiger partial charge in [-0.05, 0) is 48.9 Å². The lowest BCUT2D eigenvalue weighted by Gasteiger charge is -2.09. The van der Waals surface area contributed by atoms with Gasteiger partial charge in [0.15, 0.2) is 0 Å². The van der Waals surface area contributed by atoms with Crippen LogP contribution in [0, 0.1) is 17.8 Å². The van der Waals surface area contributed by atoms with E-state index in [1.807, 2.05) is 11.9 Å². The van der Waals surface area contributed by atoms with Gasteiger partial charge >= 0.3 is 0 Å². The highest BCUT2D eigenvalue weighted by Crippen LogP contribution is 2.42. The molecule has 3 unspecified atom stereocenters. The van der Waals surface area contributed by atoms with E-state index >= 15 is 0 Å². The van der Waals surface area contributed by atoms with Crippen LogP contribution in [0.15, 0.2) is 49.1 Å². The predicted molar refractivity (Wildman–Crippen MR) is 93.2 cm³/mol. The van der Waals surface area contributed by atoms with E-state index in [9.17, 15) is 0 Å². The Labute approximate surface area is 127 Å². The van der Waals surface area contributed by atoms with Gasteiger partial charge in [-0.2, -0.15) is 0 Å². The second-order valence-electron chi connectivity index (χ2n) is 4.76. The maximum absolute atomic E-state index is 3.36. The Balaban J connectivity index is 0.000000252. The summed E-state index contributed by atoms with van der Waals surface area (Å²) in [6.45, 7) is 7.62. The van der Waals surface area contributed by atoms with E-state index < -0.39 is 0 Å². The molecule has 0 nitrogen and oxygen atoms in total. The monoisotopic (exact) mass is 358 g/mol. The number of fused-ring (bicyclic) bond motifs is 2. The first kappa shape index (κ1) is 17.7. The average Bonchev–Trinajstić information content (AvgIpc) is 3.12. The van der Waals surface area contributed by atoms with Crippen molar-refractivity contribution in [2.24, 2.45) is 17.8 Å². The fraction of sp³-hybridized carbons (Fsp3) is 0.529. The van der Waals surface area contributed by atoms with E-state index in [2.05, 4.69) is 72.5 Å². The highest BCUT2D eigenvalue weighted by Gasteiger charge is 2.32. The zero-order valence-electron chi connectivity index (χ0n) is 12.0. The summed E-state index contributed by atoms with van der Waals surface area (Å²) in [6.07, 6.45) is 19.0. The SMILES string of the molecule is C1=CCC=C1.C=CC.CC1CC2C=CC1C2.CI. The third kappa shape index (κ3) is 7.20. The molecule has 0 amide bonds. The van der Waals surface area contributed by atoms with E-state index in [0.717, 1.165) is 24.2 Å². The number of alkyl halides is 1. The van der Waals surface area contributed by atoms with Crippen LogP contribution >= 0.6 is 22.6 Å². The number of rotatable bonds is 0. The van der Waals surface area contributed by atoms with Crippen molar-refractivity contribution >= 4 is 22.6 Å². The summed E-state index contributed by atoms with van der Waals surface area (Å²) in [5.41, 5.74) is 0. The van der Waals surface area contributed by atoms with Gasteiger partial charge in [0.2, 0.25) is 0 Å². The number of hydrogen-bond donors (Lipinski definition) is 0. The molecule has 0 radical (unpaired) electrons. The van der Waals surface area contributed by atoms with Gasteiger partial charge in [-0.25, -0.2) is 0 Å². The molecule has 1 heteroatoms. The molecule has 0 saturated heterocycles. The van der Waals surface area contributed by atoms with Crippen LogP contribution in [0.3, 0.4) is 0 Å². The van der Waals surface area contributed by atoms with Gasteiger partial charge in [-0.1, -0.05) is 72.0 Å². The topological polar surface area (TPSA) is 0 Å². The summed E-state index contributed by atoms with van der Waals surface area (Å²) in [6, 6.07) is 0. The normalized spacial score (nSPS) is 28.6. The van der Waals surface area contributed by atoms with Crippen LogP contribution in [-0.4, -0.2) is 4.93 Å². The second-order valence-corrected chi connectivity index (χ2v) is 4.76. The molecule has 0 spiro atoms. The Kier molecular flexibility index (Phi) is 11.6. The van der Waals surface area contributed by atoms with Crippen LogP contribution < -0.4 is 0 Å². The van der Waals surface area contributed by atoms with Crippen molar-refractivity contribution in [2.45, 2.75) is 33.1 Å². The molecular formula is C17H27I. The third-order valence-corrected chi connectivity index (χ3v) is 3.27. The van der Waals surface area contributed by atoms with Gasteiger partial charge in [0, 0.05) is 0 Å². The molecule has 0 aromatic rings. The third-order valence-electron chi connectivity index (χ3n) is 3.27. The molecule has 3 aliphatic carbocycles. The van der Waals surface area contributed by atoms with Crippen LogP contribution in [0.25, 0.3) is 0 Å². The molecule has 102 valence electrons. The smallest absolute Gasteiger partial charge is 0.0121 e. The summed E-state index contributed by atoms with van der Waals surface area (Å²) in [5, 5.41) is 0. The Hall–Kier alpha value is -0.310. The first-order valence-corrected chi connectivity index (χ1v) is 8.88. The van der Waals surface area contributed by atoms with Crippen LogP contribution in [0.4, 0.5) is 0 Å². The Bertz CT molecular complexity index is 276. The Morgan fingerprint density at radius 1 is 1.11 bits per heavy atom. The maximum atomic E-state index is 3.36. The van der Waals surface area contributed by atoms with E-state index in [1.165, 1.54) is 12.8 Å². The molecular weight excluding hydrogens is 331 g/mol. The van der Waals surface area contributed by atoms with Gasteiger partial charge in [-0.3, -0.25) is 0 Å². The van der Waals surface area contributed by atoms with Crippen molar-refractivity contribution < 1.29 is 0 Å². The van der Waals surface area contributed by atoms with E-state index in [-0.39, 0.29) is 0 Å². The van der Waals surface area contributed by atoms with Crippen LogP contribution in [0.5, 0.6) is 0 Å². The minimum absolute atomic E-state index is 0.958. The van der Waals surface area contributed by atoms with Crippen molar-refractivity contribution in [3.05, 3.63) is 49.1 Å². The first-order valence-electron chi connectivity index (χ1n) is 6.72. The number of halogens is 1. The fourth-order valence-electron chi connectivity index (χ4n) is 2.45. The molecule has 1 fully saturated rings. The molecule has 0 aliphatic heterocycles. The lowest BCUT2D eigenvalue weighted by atomic mass is 9.96. The van der Waals surface area contributed by atoms with E-state index in [0.29, 0.717) is 0 Å². The Morgan fingerprint density at radius 2 is 1.67 bits per heavy atom. The molecule has 0 heterocycles. The molecule has 3 aliphatic rings. The molecule has 3 atom stereocenters. The summed E-state index contributed by atoms with van der Waals surface area (Å²) in [4.78, 5) is 1.97. The van der Waals surface area contributed by atoms with Gasteiger partial charge in [-0.15, -0.1) is 6.58 Å². The minimum atomic E-state index is 0.958. The molecule has 0 aromatic heterocycles. The molecule has 2 bridgehead atoms. The summed E-state index contributed by atoms with van der Waals surface area (Å²) in [7, 11) is 0. The quantitative estimate of drug-likeness (QED) is 0.285. The van der Waals surface area contributed by atoms with Crippen LogP contribution in [0.1, 0.15) is 33.1 Å². The van der Waals surface area contributed by atoms with Gasteiger partial charge in [0.25, 0.3) is 0 Å². The van der Waals surface area contributed by atoms with E-state index in [4.69, 9.17) is 0 Å². The predicted octanol–water partition coefficient (Wildman–Crippen LogP) is 5.96. The minimum Gasteiger partial charge on any atom is -0.103 e. The zero-order chi connectivity index (χ0) is 13.8. The van der Waals surface area contributed by atoms with Crippen molar-refractivity contribution in [2.75, 3.05) is 4.93 Å². The zero-order valence-corrected chi connectivity index (χ0v) is 14.1. The number of hydrogen-bond acceptors (Lipinski definition) is 0. The van der Waals surface area contributed by atoms with E-state index in [1.54, 1.807) is 6.08 Å². The summed E-state index contributed by atoms with van der Waals surface area (Å²) < 4.78 is 0. The van der Waals surface area contributed by atoms with Gasteiger partial charge in [0.05, 0.1) is 0 Å². The van der Waals surface area contributed by atoms with Gasteiger partial charge < -0.3 is 0 Å². The second kappa shape index (κ2) is 11.8. The average molecular weight is 358 g/mol. The lowest BCUT2D eigenvalue weighted by Crippen LogP contribution is -1.99. The van der Waals surface area contributed by atoms with Crippen molar-refractivity contribution in [1.82, 2.24) is 0 Å². The molecule has 3 rings (SSSR count). The maximum Gasteiger partial charge on any atom is -0.0121 e. The van der Waals surface area contributed by atoms with Crippen molar-refractivity contribution in [1.29, 1.82) is 0 Å². The summed E-state index contributed by atoms with van der Waals surface area (Å²) >= 11 is 2.15. The highest BCUT2D eigenvalue weighted by molar-refractivity contribution is 14.1. The summed E-state index contributed by atoms with van der Waals surface area (Å²) in [5.74, 6) is 2.92. The Morgan fingerprint density at radius 3 is 1.83 bits per heavy atom. The molecule has 0 N–H and O–H groups in total. The van der Waals surface area contributed by atoms with Crippen molar-refractivity contribution in [3.63, 3.8) is 0 Å². The van der Waals surface area contributed by atoms with Crippen LogP contribution in [-0.2, 0) is 0 Å². The first-order chi connectivity index (χ1) is 8.77. The standard InChI is InChI=1S/C8H12.C5H6.C3H6.CH3I/c1-6-4-7-2-3-8(6)5-7;1-2-4-5-3-1;1-3-2;1-2/h2-3,6-8H,4-5H2,1H3;1-4H,5H2;3H,1H2,2H3;1H3. The van der Waals surface area contributed by atoms with Crippen LogP contribution in [0.2, 0.25) is 0 Å². The molecule has 0 aromatic carbocycles. The largest absolute Gasteiger partial charge is 0.103 e. The lowest BCUT2D eigenvalue weighted by molar-refractivity contribution is 0.493. The van der Waals surface area contributed by atoms with Gasteiger partial charge in [0.1, 0.15) is 0 Å². The fourth-order valence-corrected chi connectivity index (χ4v) is 2.45. The molecule has 1 saturated carbocycles. The molecule has 18 heavy (non-hydrogen) atoms. The number of allylic oxidation sites excluding steroid dienone is 7. The highest BCUT2D eigenvalue weighted by atomic mass is 127. The van der Waals surface area contributed by atoms with Crippen molar-refractivity contribution in [3.8, 4) is 0 Å².